The zero-order chi connectivity index (χ0) is 14.4. The van der Waals surface area contributed by atoms with Gasteiger partial charge in [-0.05, 0) is 43.2 Å². The Hall–Kier alpha value is -1.31. The normalized spacial score (nSPS) is 17.1. The zero-order valence-electron chi connectivity index (χ0n) is 12.8. The van der Waals surface area contributed by atoms with Gasteiger partial charge < -0.3 is 5.11 Å². The lowest BCUT2D eigenvalue weighted by atomic mass is 9.83. The first-order valence-corrected chi connectivity index (χ1v) is 8.11. The van der Waals surface area contributed by atoms with Gasteiger partial charge in [-0.1, -0.05) is 45.2 Å². The Kier molecular flexibility index (Phi) is 5.63. The van der Waals surface area contributed by atoms with E-state index in [2.05, 4.69) is 31.0 Å². The van der Waals surface area contributed by atoms with Crippen molar-refractivity contribution in [2.24, 2.45) is 4.99 Å². The molecule has 1 aromatic carbocycles. The molecule has 2 nitrogen and oxygen atoms in total. The smallest absolute Gasteiger partial charge is 0.127 e. The topological polar surface area (TPSA) is 32.6 Å². The van der Waals surface area contributed by atoms with Gasteiger partial charge in [-0.25, -0.2) is 0 Å². The standard InChI is InChI=1S/C18H27NO/c1-3-16(4-2)19-13-15-11-8-12-17(18(15)20)14-9-6-5-7-10-14/h8,11-14,16,20H,3-7,9-10H2,1-2H3. The van der Waals surface area contributed by atoms with Crippen molar-refractivity contribution in [1.29, 1.82) is 0 Å². The van der Waals surface area contributed by atoms with Crippen LogP contribution < -0.4 is 0 Å². The largest absolute Gasteiger partial charge is 0.507 e. The van der Waals surface area contributed by atoms with Gasteiger partial charge in [-0.3, -0.25) is 4.99 Å². The summed E-state index contributed by atoms with van der Waals surface area (Å²) in [5.41, 5.74) is 2.00. The molecule has 0 bridgehead atoms. The van der Waals surface area contributed by atoms with E-state index in [1.165, 1.54) is 32.1 Å². The minimum atomic E-state index is 0.368. The molecule has 0 atom stereocenters. The second-order valence-corrected chi connectivity index (χ2v) is 5.87. The summed E-state index contributed by atoms with van der Waals surface area (Å²) in [7, 11) is 0. The molecule has 1 aliphatic carbocycles. The maximum atomic E-state index is 10.5. The fraction of sp³-hybridized carbons (Fsp3) is 0.611. The summed E-state index contributed by atoms with van der Waals surface area (Å²) in [6.07, 6.45) is 10.3. The molecule has 1 N–H and O–H groups in total. The molecule has 0 aliphatic heterocycles. The third-order valence-corrected chi connectivity index (χ3v) is 4.51. The zero-order valence-corrected chi connectivity index (χ0v) is 12.8. The molecule has 0 radical (unpaired) electrons. The third-order valence-electron chi connectivity index (χ3n) is 4.51. The van der Waals surface area contributed by atoms with Crippen LogP contribution in [0.1, 0.15) is 75.8 Å². The molecule has 1 fully saturated rings. The molecule has 1 aliphatic rings. The highest BCUT2D eigenvalue weighted by Crippen LogP contribution is 2.38. The van der Waals surface area contributed by atoms with Gasteiger partial charge in [0.1, 0.15) is 5.75 Å². The number of phenolic OH excluding ortho intramolecular Hbond substituents is 1. The van der Waals surface area contributed by atoms with E-state index in [1.807, 2.05) is 12.3 Å². The minimum absolute atomic E-state index is 0.368. The van der Waals surface area contributed by atoms with Crippen LogP contribution in [0.4, 0.5) is 0 Å². The minimum Gasteiger partial charge on any atom is -0.507 e. The maximum Gasteiger partial charge on any atom is 0.127 e. The average molecular weight is 273 g/mol. The van der Waals surface area contributed by atoms with Crippen LogP contribution in [0.3, 0.4) is 0 Å². The van der Waals surface area contributed by atoms with Gasteiger partial charge in [0.2, 0.25) is 0 Å². The van der Waals surface area contributed by atoms with Gasteiger partial charge >= 0.3 is 0 Å². The Balaban J connectivity index is 2.18. The summed E-state index contributed by atoms with van der Waals surface area (Å²) in [6.45, 7) is 4.31. The average Bonchev–Trinajstić information content (AvgIpc) is 2.50. The van der Waals surface area contributed by atoms with Gasteiger partial charge in [0.15, 0.2) is 0 Å². The van der Waals surface area contributed by atoms with Gasteiger partial charge in [-0.15, -0.1) is 0 Å². The van der Waals surface area contributed by atoms with Crippen molar-refractivity contribution in [3.8, 4) is 5.75 Å². The van der Waals surface area contributed by atoms with Crippen molar-refractivity contribution >= 4 is 6.21 Å². The van der Waals surface area contributed by atoms with Crippen molar-refractivity contribution in [3.05, 3.63) is 29.3 Å². The van der Waals surface area contributed by atoms with Crippen molar-refractivity contribution in [1.82, 2.24) is 0 Å². The van der Waals surface area contributed by atoms with E-state index < -0.39 is 0 Å². The van der Waals surface area contributed by atoms with Crippen LogP contribution >= 0.6 is 0 Å². The summed E-state index contributed by atoms with van der Waals surface area (Å²) in [6, 6.07) is 6.47. The van der Waals surface area contributed by atoms with Crippen molar-refractivity contribution in [2.75, 3.05) is 0 Å². The Morgan fingerprint density at radius 2 is 1.90 bits per heavy atom. The molecule has 2 heteroatoms. The van der Waals surface area contributed by atoms with Gasteiger partial charge in [0.05, 0.1) is 0 Å². The highest BCUT2D eigenvalue weighted by atomic mass is 16.3. The van der Waals surface area contributed by atoms with E-state index >= 15 is 0 Å². The lowest BCUT2D eigenvalue weighted by molar-refractivity contribution is 0.414. The van der Waals surface area contributed by atoms with Crippen molar-refractivity contribution in [3.63, 3.8) is 0 Å². The quantitative estimate of drug-likeness (QED) is 0.748. The lowest BCUT2D eigenvalue weighted by Crippen LogP contribution is -2.06. The van der Waals surface area contributed by atoms with Crippen molar-refractivity contribution in [2.45, 2.75) is 70.8 Å². The van der Waals surface area contributed by atoms with Crippen molar-refractivity contribution < 1.29 is 5.11 Å². The molecule has 1 saturated carbocycles. The van der Waals surface area contributed by atoms with E-state index in [0.29, 0.717) is 17.7 Å². The van der Waals surface area contributed by atoms with Crippen LogP contribution in [0, 0.1) is 0 Å². The first-order valence-electron chi connectivity index (χ1n) is 8.11. The Morgan fingerprint density at radius 3 is 2.55 bits per heavy atom. The summed E-state index contributed by atoms with van der Waals surface area (Å²) in [5, 5.41) is 10.5. The van der Waals surface area contributed by atoms with E-state index in [4.69, 9.17) is 0 Å². The third kappa shape index (κ3) is 3.62. The van der Waals surface area contributed by atoms with Crippen LogP contribution in [-0.4, -0.2) is 17.4 Å². The molecule has 20 heavy (non-hydrogen) atoms. The summed E-state index contributed by atoms with van der Waals surface area (Å²) in [5.74, 6) is 0.986. The van der Waals surface area contributed by atoms with Crippen LogP contribution in [0.15, 0.2) is 23.2 Å². The van der Waals surface area contributed by atoms with Crippen LogP contribution in [0.5, 0.6) is 5.75 Å². The van der Waals surface area contributed by atoms with Gasteiger partial charge in [0.25, 0.3) is 0 Å². The Morgan fingerprint density at radius 1 is 1.20 bits per heavy atom. The van der Waals surface area contributed by atoms with Crippen LogP contribution in [-0.2, 0) is 0 Å². The van der Waals surface area contributed by atoms with E-state index in [9.17, 15) is 5.11 Å². The van der Waals surface area contributed by atoms with Gasteiger partial charge in [-0.2, -0.15) is 0 Å². The summed E-state index contributed by atoms with van der Waals surface area (Å²) >= 11 is 0. The molecule has 0 saturated heterocycles. The van der Waals surface area contributed by atoms with Crippen LogP contribution in [0.2, 0.25) is 0 Å². The predicted octanol–water partition coefficient (Wildman–Crippen LogP) is 5.05. The number of nitrogens with zero attached hydrogens (tertiary/aromatic N) is 1. The number of phenols is 1. The first-order chi connectivity index (χ1) is 9.76. The molecule has 1 aromatic rings. The van der Waals surface area contributed by atoms with Crippen LogP contribution in [0.25, 0.3) is 0 Å². The summed E-state index contributed by atoms with van der Waals surface area (Å²) < 4.78 is 0. The monoisotopic (exact) mass is 273 g/mol. The maximum absolute atomic E-state index is 10.5. The molecule has 0 heterocycles. The van der Waals surface area contributed by atoms with Gasteiger partial charge in [0, 0.05) is 17.8 Å². The summed E-state index contributed by atoms with van der Waals surface area (Å²) in [4.78, 5) is 4.59. The first kappa shape index (κ1) is 15.1. The SMILES string of the molecule is CCC(CC)N=Cc1cccc(C2CCCCC2)c1O. The molecule has 0 aromatic heterocycles. The number of hydrogen-bond donors (Lipinski definition) is 1. The molecule has 0 unspecified atom stereocenters. The Bertz CT molecular complexity index is 443. The highest BCUT2D eigenvalue weighted by Gasteiger charge is 2.19. The Labute approximate surface area is 122 Å². The molecule has 2 rings (SSSR count). The molecule has 110 valence electrons. The number of aromatic hydroxyl groups is 1. The van der Waals surface area contributed by atoms with E-state index in [-0.39, 0.29) is 0 Å². The molecular weight excluding hydrogens is 246 g/mol. The highest BCUT2D eigenvalue weighted by molar-refractivity contribution is 5.84. The number of hydrogen-bond acceptors (Lipinski definition) is 2. The number of benzene rings is 1. The second kappa shape index (κ2) is 7.47. The molecular formula is C18H27NO. The fourth-order valence-corrected chi connectivity index (χ4v) is 3.11. The number of rotatable bonds is 5. The molecule has 0 amide bonds. The fourth-order valence-electron chi connectivity index (χ4n) is 3.11. The number of para-hydroxylation sites is 1. The molecule has 0 spiro atoms. The second-order valence-electron chi connectivity index (χ2n) is 5.87. The number of aliphatic imine (C=N–C) groups is 1. The predicted molar refractivity (Wildman–Crippen MR) is 85.9 cm³/mol. The van der Waals surface area contributed by atoms with E-state index in [0.717, 1.165) is 24.0 Å². The lowest BCUT2D eigenvalue weighted by Gasteiger charge is -2.23. The van der Waals surface area contributed by atoms with E-state index in [1.54, 1.807) is 0 Å².